The molecule has 2 heterocycles. The summed E-state index contributed by atoms with van der Waals surface area (Å²) >= 11 is 1.54. The van der Waals surface area contributed by atoms with Gasteiger partial charge in [0.05, 0.1) is 17.7 Å². The van der Waals surface area contributed by atoms with E-state index in [-0.39, 0.29) is 5.97 Å². The van der Waals surface area contributed by atoms with Gasteiger partial charge in [-0.1, -0.05) is 12.1 Å². The van der Waals surface area contributed by atoms with Gasteiger partial charge in [-0.15, -0.1) is 11.3 Å². The van der Waals surface area contributed by atoms with Crippen molar-refractivity contribution in [2.45, 2.75) is 32.3 Å². The molecule has 0 spiro atoms. The van der Waals surface area contributed by atoms with Gasteiger partial charge in [0, 0.05) is 11.3 Å². The molecule has 1 atom stereocenters. The molecule has 0 N–H and O–H groups in total. The summed E-state index contributed by atoms with van der Waals surface area (Å²) in [6, 6.07) is 3.88. The van der Waals surface area contributed by atoms with E-state index < -0.39 is 5.60 Å². The van der Waals surface area contributed by atoms with Crippen LogP contribution >= 0.6 is 11.3 Å². The fraction of sp³-hybridized carbons (Fsp3) is 0.500. The first kappa shape index (κ1) is 12.1. The molecule has 5 heteroatoms. The lowest BCUT2D eigenvalue weighted by Gasteiger charge is -2.22. The maximum atomic E-state index is 12.0. The molecule has 0 fully saturated rings. The van der Waals surface area contributed by atoms with E-state index in [1.807, 2.05) is 26.0 Å². The molecule has 1 aliphatic rings. The second-order valence-corrected chi connectivity index (χ2v) is 5.30. The molecule has 0 amide bonds. The number of carbonyl (C=O) groups is 1. The lowest BCUT2D eigenvalue weighted by molar-refractivity contribution is -0.167. The van der Waals surface area contributed by atoms with E-state index in [1.165, 1.54) is 7.11 Å². The summed E-state index contributed by atoms with van der Waals surface area (Å²) in [4.78, 5) is 19.4. The number of oxime groups is 1. The van der Waals surface area contributed by atoms with Crippen LogP contribution in [0.5, 0.6) is 0 Å². The summed E-state index contributed by atoms with van der Waals surface area (Å²) < 4.78 is 4.86. The summed E-state index contributed by atoms with van der Waals surface area (Å²) in [5, 5.41) is 3.98. The largest absolute Gasteiger partial charge is 0.466 e. The quantitative estimate of drug-likeness (QED) is 0.778. The average Bonchev–Trinajstić information content (AvgIpc) is 2.94. The maximum Gasteiger partial charge on any atom is 0.359 e. The van der Waals surface area contributed by atoms with Gasteiger partial charge in [-0.2, -0.15) is 0 Å². The van der Waals surface area contributed by atoms with Gasteiger partial charge >= 0.3 is 5.97 Å². The SMILES string of the molecule is CCC1=NOC(C(=O)OC)(c2ccc(C)s2)C1. The van der Waals surface area contributed by atoms with Gasteiger partial charge < -0.3 is 9.57 Å². The minimum Gasteiger partial charge on any atom is -0.466 e. The Morgan fingerprint density at radius 2 is 2.41 bits per heavy atom. The number of ether oxygens (including phenoxy) is 1. The lowest BCUT2D eigenvalue weighted by atomic mass is 9.94. The lowest BCUT2D eigenvalue weighted by Crippen LogP contribution is -2.36. The number of thiophene rings is 1. The van der Waals surface area contributed by atoms with Gasteiger partial charge in [0.1, 0.15) is 0 Å². The van der Waals surface area contributed by atoms with E-state index in [9.17, 15) is 4.79 Å². The van der Waals surface area contributed by atoms with Gasteiger partial charge in [-0.3, -0.25) is 0 Å². The van der Waals surface area contributed by atoms with Crippen molar-refractivity contribution in [1.82, 2.24) is 0 Å². The van der Waals surface area contributed by atoms with Gasteiger partial charge in [0.15, 0.2) is 0 Å². The van der Waals surface area contributed by atoms with Crippen molar-refractivity contribution in [2.75, 3.05) is 7.11 Å². The van der Waals surface area contributed by atoms with Gasteiger partial charge in [0.25, 0.3) is 5.60 Å². The highest BCUT2D eigenvalue weighted by Crippen LogP contribution is 2.40. The molecule has 1 unspecified atom stereocenters. The number of hydrogen-bond donors (Lipinski definition) is 0. The van der Waals surface area contributed by atoms with Crippen molar-refractivity contribution in [1.29, 1.82) is 0 Å². The predicted octanol–water partition coefficient (Wildman–Crippen LogP) is 2.61. The molecule has 0 aromatic carbocycles. The Hall–Kier alpha value is -1.36. The van der Waals surface area contributed by atoms with E-state index in [2.05, 4.69) is 5.16 Å². The molecule has 0 bridgehead atoms. The smallest absolute Gasteiger partial charge is 0.359 e. The summed E-state index contributed by atoms with van der Waals surface area (Å²) in [5.74, 6) is -0.383. The highest BCUT2D eigenvalue weighted by atomic mass is 32.1. The first-order chi connectivity index (χ1) is 8.12. The van der Waals surface area contributed by atoms with Crippen LogP contribution in [0, 0.1) is 6.92 Å². The number of hydrogen-bond acceptors (Lipinski definition) is 5. The monoisotopic (exact) mass is 253 g/mol. The van der Waals surface area contributed by atoms with Crippen molar-refractivity contribution < 1.29 is 14.4 Å². The second kappa shape index (κ2) is 4.49. The first-order valence-corrected chi connectivity index (χ1v) is 6.33. The van der Waals surface area contributed by atoms with Crippen molar-refractivity contribution in [3.05, 3.63) is 21.9 Å². The summed E-state index contributed by atoms with van der Waals surface area (Å²) in [6.45, 7) is 3.99. The normalized spacial score (nSPS) is 23.1. The van der Waals surface area contributed by atoms with E-state index >= 15 is 0 Å². The predicted molar refractivity (Wildman–Crippen MR) is 66.2 cm³/mol. The highest BCUT2D eigenvalue weighted by Gasteiger charge is 2.50. The molecule has 92 valence electrons. The van der Waals surface area contributed by atoms with Crippen molar-refractivity contribution >= 4 is 23.0 Å². The Balaban J connectivity index is 2.37. The zero-order chi connectivity index (χ0) is 12.5. The average molecular weight is 253 g/mol. The van der Waals surface area contributed by atoms with E-state index in [4.69, 9.17) is 9.57 Å². The van der Waals surface area contributed by atoms with Crippen LogP contribution in [0.2, 0.25) is 0 Å². The van der Waals surface area contributed by atoms with Crippen LogP contribution in [-0.2, 0) is 20.0 Å². The number of rotatable bonds is 3. The molecular formula is C12H15NO3S. The van der Waals surface area contributed by atoms with E-state index in [0.717, 1.165) is 21.9 Å². The van der Waals surface area contributed by atoms with Crippen molar-refractivity contribution in [3.8, 4) is 0 Å². The Bertz CT molecular complexity index is 466. The molecular weight excluding hydrogens is 238 g/mol. The Morgan fingerprint density at radius 1 is 1.65 bits per heavy atom. The molecule has 1 aromatic rings. The third-order valence-electron chi connectivity index (χ3n) is 2.85. The molecule has 0 saturated heterocycles. The van der Waals surface area contributed by atoms with E-state index in [1.54, 1.807) is 11.3 Å². The van der Waals surface area contributed by atoms with Gasteiger partial charge in [0.2, 0.25) is 0 Å². The summed E-state index contributed by atoms with van der Waals surface area (Å²) in [5.41, 5.74) is -0.166. The number of aryl methyl sites for hydroxylation is 1. The zero-order valence-electron chi connectivity index (χ0n) is 10.1. The fourth-order valence-electron chi connectivity index (χ4n) is 1.84. The summed E-state index contributed by atoms with van der Waals surface area (Å²) in [7, 11) is 1.37. The number of carbonyl (C=O) groups excluding carboxylic acids is 1. The van der Waals surface area contributed by atoms with E-state index in [0.29, 0.717) is 6.42 Å². The van der Waals surface area contributed by atoms with Crippen LogP contribution in [0.15, 0.2) is 17.3 Å². The minimum atomic E-state index is -1.06. The van der Waals surface area contributed by atoms with Gasteiger partial charge in [-0.05, 0) is 25.5 Å². The second-order valence-electron chi connectivity index (χ2n) is 4.01. The summed E-state index contributed by atoms with van der Waals surface area (Å²) in [6.07, 6.45) is 1.26. The Morgan fingerprint density at radius 3 is 2.88 bits per heavy atom. The number of nitrogens with zero attached hydrogens (tertiary/aromatic N) is 1. The van der Waals surface area contributed by atoms with Crippen molar-refractivity contribution in [2.24, 2.45) is 5.16 Å². The van der Waals surface area contributed by atoms with Gasteiger partial charge in [-0.25, -0.2) is 4.79 Å². The molecule has 17 heavy (non-hydrogen) atoms. The number of methoxy groups -OCH3 is 1. The Labute approximate surface area is 104 Å². The first-order valence-electron chi connectivity index (χ1n) is 5.51. The molecule has 0 radical (unpaired) electrons. The molecule has 2 rings (SSSR count). The number of esters is 1. The third-order valence-corrected chi connectivity index (χ3v) is 3.99. The molecule has 1 aromatic heterocycles. The zero-order valence-corrected chi connectivity index (χ0v) is 11.0. The van der Waals surface area contributed by atoms with Crippen LogP contribution in [0.4, 0.5) is 0 Å². The van der Waals surface area contributed by atoms with Crippen LogP contribution in [-0.4, -0.2) is 18.8 Å². The van der Waals surface area contributed by atoms with Crippen LogP contribution in [0.25, 0.3) is 0 Å². The van der Waals surface area contributed by atoms with Crippen LogP contribution in [0.1, 0.15) is 29.5 Å². The standard InChI is InChI=1S/C12H15NO3S/c1-4-9-7-12(16-13-9,11(14)15-3)10-6-5-8(2)17-10/h5-6H,4,7H2,1-3H3. The van der Waals surface area contributed by atoms with Crippen molar-refractivity contribution in [3.63, 3.8) is 0 Å². The maximum absolute atomic E-state index is 12.0. The fourth-order valence-corrected chi connectivity index (χ4v) is 2.82. The molecule has 0 aliphatic carbocycles. The Kier molecular flexibility index (Phi) is 3.19. The van der Waals surface area contributed by atoms with Crippen LogP contribution < -0.4 is 0 Å². The molecule has 0 saturated carbocycles. The molecule has 4 nitrogen and oxygen atoms in total. The minimum absolute atomic E-state index is 0.383. The third kappa shape index (κ3) is 1.95. The van der Waals surface area contributed by atoms with Crippen LogP contribution in [0.3, 0.4) is 0 Å². The molecule has 1 aliphatic heterocycles. The topological polar surface area (TPSA) is 47.9 Å². The highest BCUT2D eigenvalue weighted by molar-refractivity contribution is 7.12.